The molecule has 1 aromatic heterocycles. The second kappa shape index (κ2) is 10.7. The highest BCUT2D eigenvalue weighted by Gasteiger charge is 2.21. The zero-order chi connectivity index (χ0) is 22.3. The van der Waals surface area contributed by atoms with Crippen LogP contribution in [-0.4, -0.2) is 36.9 Å². The number of aromatic nitrogens is 2. The molecule has 0 bridgehead atoms. The molecule has 1 aliphatic carbocycles. The number of aryl methyl sites for hydroxylation is 2. The molecule has 9 heteroatoms. The Kier molecular flexibility index (Phi) is 7.97. The topological polar surface area (TPSA) is 113 Å². The number of amides is 1. The minimum Gasteiger partial charge on any atom is -0.354 e. The summed E-state index contributed by atoms with van der Waals surface area (Å²) >= 11 is 0. The van der Waals surface area contributed by atoms with Crippen molar-refractivity contribution in [2.45, 2.75) is 69.7 Å². The number of nitrogens with one attached hydrogen (secondary N) is 3. The fraction of sp³-hybridized carbons (Fsp3) is 0.500. The first-order valence-corrected chi connectivity index (χ1v) is 12.3. The summed E-state index contributed by atoms with van der Waals surface area (Å²) in [6, 6.07) is 8.21. The molecule has 1 amide bonds. The van der Waals surface area contributed by atoms with Crippen LogP contribution in [0.1, 0.15) is 56.3 Å². The van der Waals surface area contributed by atoms with Gasteiger partial charge in [-0.25, -0.2) is 23.1 Å². The molecule has 1 aliphatic rings. The standard InChI is InChI=1S/C22H31N5O3S/c1-16-15-17(2)25-22(24-16)23-14-6-9-21(28)26-18-10-12-20(13-11-18)31(29,30)27-19-7-4-3-5-8-19/h10-13,15,19,27H,3-9,14H2,1-2H3,(H,26,28)(H,23,24,25). The fourth-order valence-corrected chi connectivity index (χ4v) is 5.01. The van der Waals surface area contributed by atoms with Gasteiger partial charge in [-0.3, -0.25) is 4.79 Å². The predicted octanol–water partition coefficient (Wildman–Crippen LogP) is 3.54. The van der Waals surface area contributed by atoms with E-state index >= 15 is 0 Å². The number of carbonyl (C=O) groups is 1. The Bertz CT molecular complexity index is 966. The third-order valence-electron chi connectivity index (χ3n) is 5.22. The smallest absolute Gasteiger partial charge is 0.240 e. The van der Waals surface area contributed by atoms with Crippen molar-refractivity contribution in [3.63, 3.8) is 0 Å². The molecule has 1 saturated carbocycles. The summed E-state index contributed by atoms with van der Waals surface area (Å²) in [5, 5.41) is 5.93. The van der Waals surface area contributed by atoms with Crippen molar-refractivity contribution in [1.82, 2.24) is 14.7 Å². The van der Waals surface area contributed by atoms with Gasteiger partial charge in [-0.05, 0) is 63.4 Å². The van der Waals surface area contributed by atoms with E-state index in [-0.39, 0.29) is 16.8 Å². The molecule has 0 radical (unpaired) electrons. The van der Waals surface area contributed by atoms with Crippen molar-refractivity contribution in [1.29, 1.82) is 0 Å². The number of hydrogen-bond donors (Lipinski definition) is 3. The number of anilines is 2. The monoisotopic (exact) mass is 445 g/mol. The quantitative estimate of drug-likeness (QED) is 0.509. The number of carbonyl (C=O) groups excluding carboxylic acids is 1. The number of rotatable bonds is 9. The Morgan fingerprint density at radius 1 is 1.03 bits per heavy atom. The normalized spacial score (nSPS) is 14.9. The Labute approximate surface area is 184 Å². The van der Waals surface area contributed by atoms with Crippen molar-refractivity contribution in [2.75, 3.05) is 17.2 Å². The minimum atomic E-state index is -3.54. The molecule has 3 N–H and O–H groups in total. The molecule has 1 aromatic carbocycles. The van der Waals surface area contributed by atoms with Gasteiger partial charge in [0.25, 0.3) is 0 Å². The average Bonchev–Trinajstić information content (AvgIpc) is 2.71. The molecule has 0 saturated heterocycles. The molecule has 1 fully saturated rings. The summed E-state index contributed by atoms with van der Waals surface area (Å²) in [6.07, 6.45) is 6.02. The van der Waals surface area contributed by atoms with Crippen molar-refractivity contribution < 1.29 is 13.2 Å². The first kappa shape index (κ1) is 23.1. The molecule has 1 heterocycles. The zero-order valence-electron chi connectivity index (χ0n) is 18.1. The van der Waals surface area contributed by atoms with Gasteiger partial charge in [-0.1, -0.05) is 19.3 Å². The molecular weight excluding hydrogens is 414 g/mol. The lowest BCUT2D eigenvalue weighted by Gasteiger charge is -2.22. The maximum atomic E-state index is 12.6. The summed E-state index contributed by atoms with van der Waals surface area (Å²) < 4.78 is 27.9. The zero-order valence-corrected chi connectivity index (χ0v) is 19.0. The highest BCUT2D eigenvalue weighted by Crippen LogP contribution is 2.21. The Balaban J connectivity index is 1.43. The molecule has 0 unspecified atom stereocenters. The van der Waals surface area contributed by atoms with E-state index in [0.29, 0.717) is 31.0 Å². The van der Waals surface area contributed by atoms with E-state index in [1.807, 2.05) is 19.9 Å². The maximum absolute atomic E-state index is 12.6. The van der Waals surface area contributed by atoms with E-state index in [4.69, 9.17) is 0 Å². The summed E-state index contributed by atoms with van der Waals surface area (Å²) in [5.41, 5.74) is 2.37. The van der Waals surface area contributed by atoms with Crippen LogP contribution in [-0.2, 0) is 14.8 Å². The van der Waals surface area contributed by atoms with Crippen LogP contribution >= 0.6 is 0 Å². The van der Waals surface area contributed by atoms with Gasteiger partial charge in [-0.2, -0.15) is 0 Å². The van der Waals surface area contributed by atoms with Crippen LogP contribution in [0.25, 0.3) is 0 Å². The van der Waals surface area contributed by atoms with Gasteiger partial charge in [0.05, 0.1) is 4.90 Å². The van der Waals surface area contributed by atoms with Crippen LogP contribution in [0.15, 0.2) is 35.2 Å². The van der Waals surface area contributed by atoms with Gasteiger partial charge >= 0.3 is 0 Å². The van der Waals surface area contributed by atoms with Crippen LogP contribution in [0.4, 0.5) is 11.6 Å². The molecule has 8 nitrogen and oxygen atoms in total. The number of hydrogen-bond acceptors (Lipinski definition) is 6. The Morgan fingerprint density at radius 2 is 1.68 bits per heavy atom. The highest BCUT2D eigenvalue weighted by molar-refractivity contribution is 7.89. The van der Waals surface area contributed by atoms with Crippen LogP contribution in [0.3, 0.4) is 0 Å². The fourth-order valence-electron chi connectivity index (χ4n) is 3.70. The second-order valence-corrected chi connectivity index (χ2v) is 9.75. The summed E-state index contributed by atoms with van der Waals surface area (Å²) in [4.78, 5) is 21.0. The third-order valence-corrected chi connectivity index (χ3v) is 6.76. The average molecular weight is 446 g/mol. The van der Waals surface area contributed by atoms with Crippen molar-refractivity contribution in [3.05, 3.63) is 41.7 Å². The van der Waals surface area contributed by atoms with Gasteiger partial charge < -0.3 is 10.6 Å². The Morgan fingerprint density at radius 3 is 2.32 bits per heavy atom. The lowest BCUT2D eigenvalue weighted by atomic mass is 9.96. The van der Waals surface area contributed by atoms with Crippen LogP contribution in [0.2, 0.25) is 0 Å². The predicted molar refractivity (Wildman–Crippen MR) is 121 cm³/mol. The SMILES string of the molecule is Cc1cc(C)nc(NCCCC(=O)Nc2ccc(S(=O)(=O)NC3CCCCC3)cc2)n1. The maximum Gasteiger partial charge on any atom is 0.240 e. The van der Waals surface area contributed by atoms with Crippen LogP contribution in [0.5, 0.6) is 0 Å². The van der Waals surface area contributed by atoms with E-state index in [1.165, 1.54) is 18.6 Å². The van der Waals surface area contributed by atoms with Gasteiger partial charge in [0.15, 0.2) is 0 Å². The summed E-state index contributed by atoms with van der Waals surface area (Å²) in [5.74, 6) is 0.440. The van der Waals surface area contributed by atoms with Gasteiger partial charge in [0.1, 0.15) is 0 Å². The first-order chi connectivity index (χ1) is 14.8. The van der Waals surface area contributed by atoms with E-state index in [9.17, 15) is 13.2 Å². The van der Waals surface area contributed by atoms with Crippen molar-refractivity contribution in [3.8, 4) is 0 Å². The molecule has 31 heavy (non-hydrogen) atoms. The number of nitrogens with zero attached hydrogens (tertiary/aromatic N) is 2. The summed E-state index contributed by atoms with van der Waals surface area (Å²) in [7, 11) is -3.54. The van der Waals surface area contributed by atoms with Crippen molar-refractivity contribution >= 4 is 27.6 Å². The lowest BCUT2D eigenvalue weighted by molar-refractivity contribution is -0.116. The lowest BCUT2D eigenvalue weighted by Crippen LogP contribution is -2.36. The number of benzene rings is 1. The highest BCUT2D eigenvalue weighted by atomic mass is 32.2. The molecule has 168 valence electrons. The molecular formula is C22H31N5O3S. The molecule has 2 aromatic rings. The van der Waals surface area contributed by atoms with Gasteiger partial charge in [0, 0.05) is 36.1 Å². The van der Waals surface area contributed by atoms with E-state index in [1.54, 1.807) is 12.1 Å². The van der Waals surface area contributed by atoms with E-state index < -0.39 is 10.0 Å². The molecule has 0 spiro atoms. The molecule has 0 atom stereocenters. The second-order valence-electron chi connectivity index (χ2n) is 8.03. The minimum absolute atomic E-state index is 0.0147. The number of sulfonamides is 1. The van der Waals surface area contributed by atoms with Crippen LogP contribution < -0.4 is 15.4 Å². The van der Waals surface area contributed by atoms with E-state index in [2.05, 4.69) is 25.3 Å². The van der Waals surface area contributed by atoms with Gasteiger partial charge in [0.2, 0.25) is 21.9 Å². The Hall–Kier alpha value is -2.52. The largest absolute Gasteiger partial charge is 0.354 e. The first-order valence-electron chi connectivity index (χ1n) is 10.8. The van der Waals surface area contributed by atoms with Gasteiger partial charge in [-0.15, -0.1) is 0 Å². The summed E-state index contributed by atoms with van der Waals surface area (Å²) in [6.45, 7) is 4.41. The third kappa shape index (κ3) is 7.29. The molecule has 0 aliphatic heterocycles. The van der Waals surface area contributed by atoms with E-state index in [0.717, 1.165) is 37.1 Å². The van der Waals surface area contributed by atoms with Crippen molar-refractivity contribution in [2.24, 2.45) is 0 Å². The van der Waals surface area contributed by atoms with Crippen LogP contribution in [0, 0.1) is 13.8 Å². The molecule has 3 rings (SSSR count).